The lowest BCUT2D eigenvalue weighted by molar-refractivity contribution is 0.0944. The first-order chi connectivity index (χ1) is 9.97. The van der Waals surface area contributed by atoms with Crippen LogP contribution in [0, 0.1) is 5.92 Å². The monoisotopic (exact) mass is 309 g/mol. The quantitative estimate of drug-likeness (QED) is 0.820. The number of anilines is 2. The van der Waals surface area contributed by atoms with Crippen molar-refractivity contribution >= 4 is 27.8 Å². The Kier molecular flexibility index (Phi) is 5.27. The first-order valence-corrected chi connectivity index (χ1v) is 8.72. The van der Waals surface area contributed by atoms with E-state index in [2.05, 4.69) is 23.6 Å². The fourth-order valence-electron chi connectivity index (χ4n) is 2.98. The van der Waals surface area contributed by atoms with Gasteiger partial charge in [0.15, 0.2) is 5.78 Å². The molecule has 2 heterocycles. The summed E-state index contributed by atoms with van der Waals surface area (Å²) in [5, 5.41) is 1.14. The van der Waals surface area contributed by atoms with E-state index in [0.717, 1.165) is 36.1 Å². The molecule has 4 nitrogen and oxygen atoms in total. The molecule has 1 unspecified atom stereocenters. The number of likely N-dealkylation sites (N-methyl/N-ethyl adjacent to an activating group) is 1. The molecule has 2 rings (SSSR count). The van der Waals surface area contributed by atoms with Crippen LogP contribution in [0.1, 0.15) is 43.8 Å². The Morgan fingerprint density at radius 3 is 2.71 bits per heavy atom. The van der Waals surface area contributed by atoms with E-state index >= 15 is 0 Å². The summed E-state index contributed by atoms with van der Waals surface area (Å²) in [4.78, 5) is 17.8. The lowest BCUT2D eigenvalue weighted by atomic mass is 10.1. The number of nitrogen functional groups attached to an aromatic ring is 1. The predicted molar refractivity (Wildman–Crippen MR) is 91.4 cm³/mol. The topological polar surface area (TPSA) is 49.6 Å². The van der Waals surface area contributed by atoms with Gasteiger partial charge in [-0.15, -0.1) is 11.3 Å². The molecule has 1 aliphatic heterocycles. The molecule has 1 aliphatic rings. The Balaban J connectivity index is 2.10. The summed E-state index contributed by atoms with van der Waals surface area (Å²) < 4.78 is 0. The Hall–Kier alpha value is -1.07. The van der Waals surface area contributed by atoms with Gasteiger partial charge in [0, 0.05) is 25.0 Å². The predicted octanol–water partition coefficient (Wildman–Crippen LogP) is 3.09. The van der Waals surface area contributed by atoms with Crippen LogP contribution >= 0.6 is 11.3 Å². The van der Waals surface area contributed by atoms with E-state index in [0.29, 0.717) is 11.7 Å². The molecule has 1 aromatic heterocycles. The van der Waals surface area contributed by atoms with Crippen LogP contribution < -0.4 is 10.6 Å². The second kappa shape index (κ2) is 6.79. The van der Waals surface area contributed by atoms with E-state index in [1.54, 1.807) is 11.3 Å². The van der Waals surface area contributed by atoms with Gasteiger partial charge >= 0.3 is 0 Å². The van der Waals surface area contributed by atoms with Crippen molar-refractivity contribution in [2.45, 2.75) is 40.2 Å². The summed E-state index contributed by atoms with van der Waals surface area (Å²) in [7, 11) is 0. The summed E-state index contributed by atoms with van der Waals surface area (Å²) in [5.41, 5.74) is 6.69. The van der Waals surface area contributed by atoms with Gasteiger partial charge in [-0.05, 0) is 25.6 Å². The number of carbonyl (C=O) groups excluding carboxylic acids is 1. The van der Waals surface area contributed by atoms with Crippen molar-refractivity contribution in [2.75, 3.05) is 36.8 Å². The van der Waals surface area contributed by atoms with Crippen LogP contribution in [0.5, 0.6) is 0 Å². The van der Waals surface area contributed by atoms with Crippen LogP contribution in [0.2, 0.25) is 0 Å². The van der Waals surface area contributed by atoms with Crippen LogP contribution in [-0.4, -0.2) is 42.9 Å². The Bertz CT molecular complexity index is 494. The summed E-state index contributed by atoms with van der Waals surface area (Å²) in [5.74, 6) is 0.157. The molecule has 21 heavy (non-hydrogen) atoms. The van der Waals surface area contributed by atoms with Crippen LogP contribution in [0.4, 0.5) is 10.7 Å². The smallest absolute Gasteiger partial charge is 0.177 e. The number of carbonyl (C=O) groups is 1. The number of nitrogens with two attached hydrogens (primary N) is 1. The van der Waals surface area contributed by atoms with E-state index in [1.165, 1.54) is 6.42 Å². The van der Waals surface area contributed by atoms with Crippen molar-refractivity contribution in [3.63, 3.8) is 0 Å². The normalized spacial score (nSPS) is 19.0. The van der Waals surface area contributed by atoms with Gasteiger partial charge in [0.25, 0.3) is 0 Å². The maximum Gasteiger partial charge on any atom is 0.177 e. The molecule has 0 amide bonds. The van der Waals surface area contributed by atoms with E-state index in [4.69, 9.17) is 5.73 Å². The highest BCUT2D eigenvalue weighted by atomic mass is 32.1. The van der Waals surface area contributed by atoms with Gasteiger partial charge in [0.2, 0.25) is 0 Å². The first kappa shape index (κ1) is 16.3. The molecule has 0 spiro atoms. The summed E-state index contributed by atoms with van der Waals surface area (Å²) in [6, 6.07) is 2.60. The lowest BCUT2D eigenvalue weighted by Crippen LogP contribution is -2.37. The maximum atomic E-state index is 12.2. The molecule has 1 aromatic rings. The molecular formula is C16H27N3OS. The number of rotatable bonds is 6. The van der Waals surface area contributed by atoms with E-state index in [1.807, 2.05) is 19.9 Å². The van der Waals surface area contributed by atoms with E-state index < -0.39 is 0 Å². The Labute approximate surface area is 131 Å². The minimum atomic E-state index is 0.000742. The van der Waals surface area contributed by atoms with Gasteiger partial charge in [-0.25, -0.2) is 0 Å². The SMILES string of the molecule is CCN(CC)C1CCN(c2cc(N)c(C(=O)C(C)C)s2)C1. The van der Waals surface area contributed by atoms with Gasteiger partial charge in [-0.2, -0.15) is 0 Å². The standard InChI is InChI=1S/C16H27N3OS/c1-5-18(6-2)12-7-8-19(10-12)14-9-13(17)16(21-14)15(20)11(3)4/h9,11-12H,5-8,10,17H2,1-4H3. The minimum Gasteiger partial charge on any atom is -0.397 e. The largest absolute Gasteiger partial charge is 0.397 e. The average Bonchev–Trinajstić information content (AvgIpc) is 3.06. The third-order valence-electron chi connectivity index (χ3n) is 4.30. The maximum absolute atomic E-state index is 12.2. The molecule has 0 saturated carbocycles. The zero-order valence-corrected chi connectivity index (χ0v) is 14.4. The molecule has 0 aromatic carbocycles. The fourth-order valence-corrected chi connectivity index (χ4v) is 4.19. The number of thiophene rings is 1. The van der Waals surface area contributed by atoms with Crippen LogP contribution in [0.3, 0.4) is 0 Å². The molecular weight excluding hydrogens is 282 g/mol. The van der Waals surface area contributed by atoms with Crippen LogP contribution in [-0.2, 0) is 0 Å². The number of Topliss-reactive ketones (excluding diaryl/α,β-unsaturated/α-hetero) is 1. The Morgan fingerprint density at radius 1 is 1.48 bits per heavy atom. The van der Waals surface area contributed by atoms with E-state index in [9.17, 15) is 4.79 Å². The summed E-state index contributed by atoms with van der Waals surface area (Å²) in [6.07, 6.45) is 1.19. The van der Waals surface area contributed by atoms with Gasteiger partial charge in [-0.1, -0.05) is 27.7 Å². The number of hydrogen-bond donors (Lipinski definition) is 1. The highest BCUT2D eigenvalue weighted by Gasteiger charge is 2.28. The third-order valence-corrected chi connectivity index (χ3v) is 5.53. The van der Waals surface area contributed by atoms with Crippen molar-refractivity contribution < 1.29 is 4.79 Å². The second-order valence-electron chi connectivity index (χ2n) is 6.00. The van der Waals surface area contributed by atoms with Crippen molar-refractivity contribution in [1.29, 1.82) is 0 Å². The van der Waals surface area contributed by atoms with E-state index in [-0.39, 0.29) is 11.7 Å². The zero-order chi connectivity index (χ0) is 15.6. The number of hydrogen-bond acceptors (Lipinski definition) is 5. The molecule has 2 N–H and O–H groups in total. The molecule has 118 valence electrons. The van der Waals surface area contributed by atoms with Gasteiger partial charge < -0.3 is 10.6 Å². The molecule has 0 bridgehead atoms. The molecule has 1 fully saturated rings. The lowest BCUT2D eigenvalue weighted by Gasteiger charge is -2.26. The zero-order valence-electron chi connectivity index (χ0n) is 13.6. The summed E-state index contributed by atoms with van der Waals surface area (Å²) >= 11 is 1.56. The number of ketones is 1. The van der Waals surface area contributed by atoms with Crippen molar-refractivity contribution in [3.05, 3.63) is 10.9 Å². The van der Waals surface area contributed by atoms with Gasteiger partial charge in [0.05, 0.1) is 15.6 Å². The van der Waals surface area contributed by atoms with Gasteiger partial charge in [0.1, 0.15) is 0 Å². The first-order valence-electron chi connectivity index (χ1n) is 7.90. The second-order valence-corrected chi connectivity index (χ2v) is 7.03. The minimum absolute atomic E-state index is 0.000742. The third kappa shape index (κ3) is 3.40. The molecule has 0 radical (unpaired) electrons. The van der Waals surface area contributed by atoms with Gasteiger partial charge in [-0.3, -0.25) is 9.69 Å². The molecule has 0 aliphatic carbocycles. The Morgan fingerprint density at radius 2 is 2.14 bits per heavy atom. The average molecular weight is 309 g/mol. The highest BCUT2D eigenvalue weighted by Crippen LogP contribution is 2.36. The summed E-state index contributed by atoms with van der Waals surface area (Å²) in [6.45, 7) is 12.6. The highest BCUT2D eigenvalue weighted by molar-refractivity contribution is 7.18. The molecule has 5 heteroatoms. The van der Waals surface area contributed by atoms with Crippen molar-refractivity contribution in [1.82, 2.24) is 4.90 Å². The fraction of sp³-hybridized carbons (Fsp3) is 0.688. The van der Waals surface area contributed by atoms with Crippen molar-refractivity contribution in [2.24, 2.45) is 5.92 Å². The van der Waals surface area contributed by atoms with Crippen molar-refractivity contribution in [3.8, 4) is 0 Å². The van der Waals surface area contributed by atoms with Crippen LogP contribution in [0.25, 0.3) is 0 Å². The number of nitrogens with zero attached hydrogens (tertiary/aromatic N) is 2. The molecule has 1 saturated heterocycles. The van der Waals surface area contributed by atoms with Crippen LogP contribution in [0.15, 0.2) is 6.07 Å². The molecule has 1 atom stereocenters.